The van der Waals surface area contributed by atoms with Gasteiger partial charge in [0, 0.05) is 0 Å². The Morgan fingerprint density at radius 2 is 1.67 bits per heavy atom. The van der Waals surface area contributed by atoms with Crippen molar-refractivity contribution in [2.24, 2.45) is 0 Å². The number of halogens is 1. The number of hydrogen-bond donors (Lipinski definition) is 0. The first-order valence-corrected chi connectivity index (χ1v) is 9.89. The zero-order chi connectivity index (χ0) is 21.3. The first-order valence-electron chi connectivity index (χ1n) is 9.10. The van der Waals surface area contributed by atoms with Gasteiger partial charge in [0.1, 0.15) is 17.2 Å². The predicted molar refractivity (Wildman–Crippen MR) is 118 cm³/mol. The average Bonchev–Trinajstić information content (AvgIpc) is 2.78. The minimum atomic E-state index is -0.519. The Bertz CT molecular complexity index is 1060. The minimum absolute atomic E-state index is 0.169. The van der Waals surface area contributed by atoms with Crippen molar-refractivity contribution >= 4 is 33.8 Å². The van der Waals surface area contributed by atoms with E-state index in [0.717, 1.165) is 5.56 Å². The molecule has 5 nitrogen and oxygen atoms in total. The molecule has 0 spiro atoms. The molecule has 0 aliphatic rings. The van der Waals surface area contributed by atoms with Crippen LogP contribution in [-0.4, -0.2) is 25.5 Å². The molecular formula is C24H19BrO5. The summed E-state index contributed by atoms with van der Waals surface area (Å²) in [5.74, 6) is 0.790. The molecule has 0 atom stereocenters. The highest BCUT2D eigenvalue weighted by Crippen LogP contribution is 2.27. The van der Waals surface area contributed by atoms with E-state index < -0.39 is 5.97 Å². The number of allylic oxidation sites excluding steroid dienone is 1. The van der Waals surface area contributed by atoms with Gasteiger partial charge >= 0.3 is 5.97 Å². The van der Waals surface area contributed by atoms with Gasteiger partial charge in [0.2, 0.25) is 0 Å². The number of carbonyl (C=O) groups is 2. The number of rotatable bonds is 8. The topological polar surface area (TPSA) is 61.8 Å². The number of benzene rings is 3. The highest BCUT2D eigenvalue weighted by Gasteiger charge is 2.11. The molecule has 3 aromatic carbocycles. The smallest absolute Gasteiger partial charge is 0.349 e. The zero-order valence-corrected chi connectivity index (χ0v) is 17.8. The Balaban J connectivity index is 1.61. The highest BCUT2D eigenvalue weighted by molar-refractivity contribution is 9.10. The Kier molecular flexibility index (Phi) is 7.40. The predicted octanol–water partition coefficient (Wildman–Crippen LogP) is 5.34. The van der Waals surface area contributed by atoms with Gasteiger partial charge in [0.25, 0.3) is 0 Å². The molecule has 30 heavy (non-hydrogen) atoms. The molecule has 0 aliphatic heterocycles. The maximum absolute atomic E-state index is 12.4. The number of methoxy groups -OCH3 is 1. The summed E-state index contributed by atoms with van der Waals surface area (Å²) >= 11 is 3.39. The summed E-state index contributed by atoms with van der Waals surface area (Å²) in [6.07, 6.45) is 3.16. The standard InChI is InChI=1S/C24H19BrO5/c1-28-22-10-6-5-9-19(22)21(26)13-11-17-12-14-23(20(25)15-17)30-24(27)16-29-18-7-3-2-4-8-18/h2-15H,16H2,1H3/b13-11+. The van der Waals surface area contributed by atoms with Crippen molar-refractivity contribution in [2.45, 2.75) is 0 Å². The molecule has 0 fully saturated rings. The van der Waals surface area contributed by atoms with Gasteiger partial charge < -0.3 is 14.2 Å². The molecule has 6 heteroatoms. The van der Waals surface area contributed by atoms with Crippen LogP contribution in [0.4, 0.5) is 0 Å². The summed E-state index contributed by atoms with van der Waals surface area (Å²) in [6, 6.07) is 21.2. The van der Waals surface area contributed by atoms with Crippen LogP contribution in [0.2, 0.25) is 0 Å². The van der Waals surface area contributed by atoms with Crippen LogP contribution >= 0.6 is 15.9 Å². The Morgan fingerprint density at radius 1 is 0.933 bits per heavy atom. The van der Waals surface area contributed by atoms with E-state index in [1.54, 1.807) is 60.7 Å². The molecular weight excluding hydrogens is 448 g/mol. The van der Waals surface area contributed by atoms with Gasteiger partial charge in [-0.05, 0) is 64.0 Å². The quantitative estimate of drug-likeness (QED) is 0.194. The second-order valence-corrected chi connectivity index (χ2v) is 7.02. The second-order valence-electron chi connectivity index (χ2n) is 6.16. The third kappa shape index (κ3) is 5.81. The first-order chi connectivity index (χ1) is 14.6. The monoisotopic (exact) mass is 466 g/mol. The Morgan fingerprint density at radius 3 is 2.40 bits per heavy atom. The molecule has 0 saturated heterocycles. The number of hydrogen-bond acceptors (Lipinski definition) is 5. The lowest BCUT2D eigenvalue weighted by atomic mass is 10.1. The molecule has 0 N–H and O–H groups in total. The summed E-state index contributed by atoms with van der Waals surface area (Å²) in [5, 5.41) is 0. The van der Waals surface area contributed by atoms with E-state index in [-0.39, 0.29) is 12.4 Å². The molecule has 0 radical (unpaired) electrons. The van der Waals surface area contributed by atoms with E-state index in [2.05, 4.69) is 15.9 Å². The fourth-order valence-electron chi connectivity index (χ4n) is 2.62. The van der Waals surface area contributed by atoms with E-state index in [0.29, 0.717) is 27.3 Å². The van der Waals surface area contributed by atoms with Crippen molar-refractivity contribution in [1.82, 2.24) is 0 Å². The van der Waals surface area contributed by atoms with E-state index in [1.807, 2.05) is 18.2 Å². The van der Waals surface area contributed by atoms with Crippen LogP contribution in [0.5, 0.6) is 17.2 Å². The molecule has 0 heterocycles. The Hall–Kier alpha value is -3.38. The van der Waals surface area contributed by atoms with Crippen LogP contribution in [0.15, 0.2) is 83.3 Å². The lowest BCUT2D eigenvalue weighted by Gasteiger charge is -2.08. The van der Waals surface area contributed by atoms with Gasteiger partial charge in [-0.15, -0.1) is 0 Å². The fourth-order valence-corrected chi connectivity index (χ4v) is 3.10. The van der Waals surface area contributed by atoms with Crippen LogP contribution in [-0.2, 0) is 4.79 Å². The van der Waals surface area contributed by atoms with E-state index in [9.17, 15) is 9.59 Å². The van der Waals surface area contributed by atoms with Gasteiger partial charge in [-0.25, -0.2) is 4.79 Å². The van der Waals surface area contributed by atoms with Crippen LogP contribution in [0.3, 0.4) is 0 Å². The summed E-state index contributed by atoms with van der Waals surface area (Å²) in [6.45, 7) is -0.203. The van der Waals surface area contributed by atoms with Gasteiger partial charge in [-0.3, -0.25) is 4.79 Å². The van der Waals surface area contributed by atoms with Gasteiger partial charge in [-0.1, -0.05) is 42.5 Å². The molecule has 0 bridgehead atoms. The summed E-state index contributed by atoms with van der Waals surface area (Å²) in [5.41, 5.74) is 1.25. The normalized spacial score (nSPS) is 10.6. The minimum Gasteiger partial charge on any atom is -0.496 e. The lowest BCUT2D eigenvalue weighted by Crippen LogP contribution is -2.17. The van der Waals surface area contributed by atoms with Crippen molar-refractivity contribution in [3.05, 3.63) is 94.5 Å². The molecule has 0 amide bonds. The van der Waals surface area contributed by atoms with Crippen molar-refractivity contribution in [3.8, 4) is 17.2 Å². The summed E-state index contributed by atoms with van der Waals surface area (Å²) < 4.78 is 16.5. The number of esters is 1. The molecule has 3 aromatic rings. The number of carbonyl (C=O) groups excluding carboxylic acids is 2. The third-order valence-corrected chi connectivity index (χ3v) is 4.70. The van der Waals surface area contributed by atoms with Crippen molar-refractivity contribution in [2.75, 3.05) is 13.7 Å². The zero-order valence-electron chi connectivity index (χ0n) is 16.2. The first kappa shape index (κ1) is 21.3. The summed E-state index contributed by atoms with van der Waals surface area (Å²) in [4.78, 5) is 24.4. The molecule has 3 rings (SSSR count). The van der Waals surface area contributed by atoms with Crippen molar-refractivity contribution < 1.29 is 23.8 Å². The lowest BCUT2D eigenvalue weighted by molar-refractivity contribution is -0.136. The highest BCUT2D eigenvalue weighted by atomic mass is 79.9. The van der Waals surface area contributed by atoms with Crippen LogP contribution < -0.4 is 14.2 Å². The maximum Gasteiger partial charge on any atom is 0.349 e. The van der Waals surface area contributed by atoms with E-state index in [4.69, 9.17) is 14.2 Å². The van der Waals surface area contributed by atoms with E-state index >= 15 is 0 Å². The van der Waals surface area contributed by atoms with Crippen LogP contribution in [0.1, 0.15) is 15.9 Å². The van der Waals surface area contributed by atoms with Crippen LogP contribution in [0, 0.1) is 0 Å². The van der Waals surface area contributed by atoms with Gasteiger partial charge in [0.15, 0.2) is 12.4 Å². The summed E-state index contributed by atoms with van der Waals surface area (Å²) in [7, 11) is 1.53. The average molecular weight is 467 g/mol. The molecule has 152 valence electrons. The van der Waals surface area contributed by atoms with Crippen molar-refractivity contribution in [1.29, 1.82) is 0 Å². The number of para-hydroxylation sites is 2. The fraction of sp³-hybridized carbons (Fsp3) is 0.0833. The molecule has 0 aliphatic carbocycles. The maximum atomic E-state index is 12.4. The SMILES string of the molecule is COc1ccccc1C(=O)/C=C/c1ccc(OC(=O)COc2ccccc2)c(Br)c1. The molecule has 0 aromatic heterocycles. The van der Waals surface area contributed by atoms with Crippen LogP contribution in [0.25, 0.3) is 6.08 Å². The third-order valence-electron chi connectivity index (χ3n) is 4.08. The number of ketones is 1. The number of ether oxygens (including phenoxy) is 3. The largest absolute Gasteiger partial charge is 0.496 e. The Labute approximate surface area is 183 Å². The molecule has 0 unspecified atom stereocenters. The van der Waals surface area contributed by atoms with Gasteiger partial charge in [-0.2, -0.15) is 0 Å². The van der Waals surface area contributed by atoms with Gasteiger partial charge in [0.05, 0.1) is 17.1 Å². The van der Waals surface area contributed by atoms with Crippen molar-refractivity contribution in [3.63, 3.8) is 0 Å². The second kappa shape index (κ2) is 10.4. The van der Waals surface area contributed by atoms with E-state index in [1.165, 1.54) is 13.2 Å². The molecule has 0 saturated carbocycles.